The van der Waals surface area contributed by atoms with Crippen molar-refractivity contribution in [2.75, 3.05) is 6.61 Å². The van der Waals surface area contributed by atoms with Crippen molar-refractivity contribution in [1.82, 2.24) is 14.9 Å². The second-order valence-electron chi connectivity index (χ2n) is 7.87. The van der Waals surface area contributed by atoms with Crippen LogP contribution in [0.2, 0.25) is 5.02 Å². The first-order valence-electron chi connectivity index (χ1n) is 10.6. The fourth-order valence-corrected chi connectivity index (χ4v) is 3.67. The van der Waals surface area contributed by atoms with Crippen LogP contribution in [0.4, 0.5) is 0 Å². The lowest BCUT2D eigenvalue weighted by Gasteiger charge is -2.12. The molecule has 1 heterocycles. The summed E-state index contributed by atoms with van der Waals surface area (Å²) in [7, 11) is 0. The van der Waals surface area contributed by atoms with Crippen LogP contribution in [-0.4, -0.2) is 27.8 Å². The number of nitrogens with one attached hydrogen (secondary N) is 1. The third kappa shape index (κ3) is 5.41. The molecule has 4 rings (SSSR count). The SMILES string of the molecule is Cc1ccc(C)c(OCC(=O)NCc2nc3ccccc3n2CC(=O)c2ccc(Cl)cc2)c1. The largest absolute Gasteiger partial charge is 0.483 e. The molecule has 6 nitrogen and oxygen atoms in total. The Hall–Kier alpha value is -3.64. The number of benzene rings is 3. The predicted molar refractivity (Wildman–Crippen MR) is 129 cm³/mol. The second kappa shape index (κ2) is 9.88. The Balaban J connectivity index is 1.47. The number of aromatic nitrogens is 2. The van der Waals surface area contributed by atoms with Crippen molar-refractivity contribution >= 4 is 34.3 Å². The molecule has 0 aliphatic carbocycles. The predicted octanol–water partition coefficient (Wildman–Crippen LogP) is 4.88. The molecule has 1 aromatic heterocycles. The molecule has 1 amide bonds. The van der Waals surface area contributed by atoms with Gasteiger partial charge in [-0.05, 0) is 67.4 Å². The first-order valence-corrected chi connectivity index (χ1v) is 11.0. The van der Waals surface area contributed by atoms with Gasteiger partial charge in [0.25, 0.3) is 5.91 Å². The molecule has 0 bridgehead atoms. The summed E-state index contributed by atoms with van der Waals surface area (Å²) in [5.41, 5.74) is 4.19. The minimum atomic E-state index is -0.265. The Morgan fingerprint density at radius 1 is 1.03 bits per heavy atom. The number of Topliss-reactive ketones (excluding diaryl/α,β-unsaturated/α-hetero) is 1. The standard InChI is InChI=1S/C26H24ClN3O3/c1-17-7-8-18(2)24(13-17)33-16-26(32)28-14-25-29-21-5-3-4-6-22(21)30(25)15-23(31)19-9-11-20(27)12-10-19/h3-13H,14-16H2,1-2H3,(H,28,32). The van der Waals surface area contributed by atoms with E-state index in [-0.39, 0.29) is 31.4 Å². The van der Waals surface area contributed by atoms with Crippen molar-refractivity contribution in [3.8, 4) is 5.75 Å². The van der Waals surface area contributed by atoms with Gasteiger partial charge in [-0.15, -0.1) is 0 Å². The third-order valence-corrected chi connectivity index (χ3v) is 5.60. The van der Waals surface area contributed by atoms with Gasteiger partial charge in [0, 0.05) is 10.6 Å². The Morgan fingerprint density at radius 3 is 2.58 bits per heavy atom. The molecule has 0 saturated carbocycles. The van der Waals surface area contributed by atoms with E-state index in [1.807, 2.05) is 60.9 Å². The number of imidazole rings is 1. The molecular formula is C26H24ClN3O3. The molecule has 0 radical (unpaired) electrons. The molecule has 1 N–H and O–H groups in total. The number of hydrogen-bond donors (Lipinski definition) is 1. The Bertz CT molecular complexity index is 1310. The number of ketones is 1. The minimum Gasteiger partial charge on any atom is -0.483 e. The van der Waals surface area contributed by atoms with Gasteiger partial charge in [0.1, 0.15) is 11.6 Å². The molecule has 33 heavy (non-hydrogen) atoms. The summed E-state index contributed by atoms with van der Waals surface area (Å²) in [6, 6.07) is 20.2. The number of amides is 1. The quantitative estimate of drug-likeness (QED) is 0.379. The molecule has 0 spiro atoms. The maximum atomic E-state index is 12.9. The van der Waals surface area contributed by atoms with Crippen LogP contribution in [0.15, 0.2) is 66.7 Å². The zero-order valence-electron chi connectivity index (χ0n) is 18.5. The highest BCUT2D eigenvalue weighted by molar-refractivity contribution is 6.30. The van der Waals surface area contributed by atoms with Crippen LogP contribution in [0, 0.1) is 13.8 Å². The topological polar surface area (TPSA) is 73.2 Å². The van der Waals surface area contributed by atoms with Crippen molar-refractivity contribution in [3.63, 3.8) is 0 Å². The minimum absolute atomic E-state index is 0.0688. The van der Waals surface area contributed by atoms with E-state index in [0.717, 1.165) is 22.2 Å². The number of nitrogens with zero attached hydrogens (tertiary/aromatic N) is 2. The smallest absolute Gasteiger partial charge is 0.258 e. The van der Waals surface area contributed by atoms with Crippen molar-refractivity contribution in [1.29, 1.82) is 0 Å². The van der Waals surface area contributed by atoms with Gasteiger partial charge >= 0.3 is 0 Å². The molecule has 0 fully saturated rings. The highest BCUT2D eigenvalue weighted by atomic mass is 35.5. The van der Waals surface area contributed by atoms with E-state index in [9.17, 15) is 9.59 Å². The summed E-state index contributed by atoms with van der Waals surface area (Å²) in [5.74, 6) is 0.948. The van der Waals surface area contributed by atoms with Crippen LogP contribution in [-0.2, 0) is 17.9 Å². The fourth-order valence-electron chi connectivity index (χ4n) is 3.54. The highest BCUT2D eigenvalue weighted by Gasteiger charge is 2.16. The van der Waals surface area contributed by atoms with Crippen LogP contribution in [0.1, 0.15) is 27.3 Å². The molecule has 0 saturated heterocycles. The van der Waals surface area contributed by atoms with Crippen molar-refractivity contribution in [2.24, 2.45) is 0 Å². The van der Waals surface area contributed by atoms with Crippen molar-refractivity contribution < 1.29 is 14.3 Å². The summed E-state index contributed by atoms with van der Waals surface area (Å²) in [5, 5.41) is 3.42. The molecule has 0 aliphatic rings. The van der Waals surface area contributed by atoms with E-state index in [1.54, 1.807) is 24.3 Å². The molecule has 3 aromatic carbocycles. The average molecular weight is 462 g/mol. The van der Waals surface area contributed by atoms with Crippen LogP contribution >= 0.6 is 11.6 Å². The molecule has 0 atom stereocenters. The number of rotatable bonds is 8. The lowest BCUT2D eigenvalue weighted by molar-refractivity contribution is -0.123. The molecule has 0 aliphatic heterocycles. The molecule has 7 heteroatoms. The first-order chi connectivity index (χ1) is 15.9. The number of aryl methyl sites for hydroxylation is 2. The number of fused-ring (bicyclic) bond motifs is 1. The van der Waals surface area contributed by atoms with Gasteiger partial charge in [-0.2, -0.15) is 0 Å². The van der Waals surface area contributed by atoms with Gasteiger partial charge in [0.05, 0.1) is 24.1 Å². The van der Waals surface area contributed by atoms with E-state index in [2.05, 4.69) is 10.3 Å². The second-order valence-corrected chi connectivity index (χ2v) is 8.30. The highest BCUT2D eigenvalue weighted by Crippen LogP contribution is 2.20. The summed E-state index contributed by atoms with van der Waals surface area (Å²) in [4.78, 5) is 29.9. The summed E-state index contributed by atoms with van der Waals surface area (Å²) >= 11 is 5.94. The maximum Gasteiger partial charge on any atom is 0.258 e. The van der Waals surface area contributed by atoms with Crippen LogP contribution in [0.3, 0.4) is 0 Å². The van der Waals surface area contributed by atoms with Crippen molar-refractivity contribution in [2.45, 2.75) is 26.9 Å². The van der Waals surface area contributed by atoms with Crippen molar-refractivity contribution in [3.05, 3.63) is 94.3 Å². The van der Waals surface area contributed by atoms with E-state index < -0.39 is 0 Å². The van der Waals surface area contributed by atoms with Gasteiger partial charge in [-0.25, -0.2) is 4.98 Å². The van der Waals surface area contributed by atoms with Gasteiger partial charge in [-0.1, -0.05) is 35.9 Å². The molecule has 168 valence electrons. The van der Waals surface area contributed by atoms with Crippen LogP contribution in [0.5, 0.6) is 5.75 Å². The lowest BCUT2D eigenvalue weighted by atomic mass is 10.1. The number of carbonyl (C=O) groups is 2. The Labute approximate surface area is 197 Å². The monoisotopic (exact) mass is 461 g/mol. The lowest BCUT2D eigenvalue weighted by Crippen LogP contribution is -2.30. The maximum absolute atomic E-state index is 12.9. The van der Waals surface area contributed by atoms with Gasteiger partial charge in [0.15, 0.2) is 12.4 Å². The number of ether oxygens (including phenoxy) is 1. The van der Waals surface area contributed by atoms with Gasteiger partial charge in [-0.3, -0.25) is 9.59 Å². The fraction of sp³-hybridized carbons (Fsp3) is 0.192. The number of para-hydroxylation sites is 2. The normalized spacial score (nSPS) is 10.9. The van der Waals surface area contributed by atoms with Gasteiger partial charge < -0.3 is 14.6 Å². The molecule has 0 unspecified atom stereocenters. The van der Waals surface area contributed by atoms with E-state index in [1.165, 1.54) is 0 Å². The average Bonchev–Trinajstić information content (AvgIpc) is 3.16. The van der Waals surface area contributed by atoms with E-state index in [4.69, 9.17) is 16.3 Å². The first kappa shape index (κ1) is 22.6. The van der Waals surface area contributed by atoms with Crippen LogP contribution in [0.25, 0.3) is 11.0 Å². The summed E-state index contributed by atoms with van der Waals surface area (Å²) in [6.45, 7) is 4.09. The van der Waals surface area contributed by atoms with E-state index in [0.29, 0.717) is 22.2 Å². The van der Waals surface area contributed by atoms with E-state index >= 15 is 0 Å². The Morgan fingerprint density at radius 2 is 1.79 bits per heavy atom. The van der Waals surface area contributed by atoms with Crippen LogP contribution < -0.4 is 10.1 Å². The Kier molecular flexibility index (Phi) is 6.75. The molecule has 4 aromatic rings. The third-order valence-electron chi connectivity index (χ3n) is 5.35. The number of hydrogen-bond acceptors (Lipinski definition) is 4. The number of halogens is 1. The zero-order valence-corrected chi connectivity index (χ0v) is 19.2. The zero-order chi connectivity index (χ0) is 23.4. The molecular weight excluding hydrogens is 438 g/mol. The number of carbonyl (C=O) groups excluding carboxylic acids is 2. The van der Waals surface area contributed by atoms with Gasteiger partial charge in [0.2, 0.25) is 0 Å². The summed E-state index contributed by atoms with van der Waals surface area (Å²) < 4.78 is 7.52. The summed E-state index contributed by atoms with van der Waals surface area (Å²) in [6.07, 6.45) is 0.